The van der Waals surface area contributed by atoms with E-state index < -0.39 is 0 Å². The third-order valence-corrected chi connectivity index (χ3v) is 2.68. The van der Waals surface area contributed by atoms with Gasteiger partial charge in [0.2, 0.25) is 5.91 Å². The molecule has 0 heterocycles. The number of hydrogen-bond donors (Lipinski definition) is 2. The summed E-state index contributed by atoms with van der Waals surface area (Å²) in [6.45, 7) is 5.67. The normalized spacial score (nSPS) is 11.9. The van der Waals surface area contributed by atoms with Gasteiger partial charge in [-0.25, -0.2) is 0 Å². The minimum Gasteiger partial charge on any atom is -0.497 e. The van der Waals surface area contributed by atoms with Crippen LogP contribution >= 0.6 is 0 Å². The molecule has 1 amide bonds. The van der Waals surface area contributed by atoms with Gasteiger partial charge >= 0.3 is 0 Å². The van der Waals surface area contributed by atoms with E-state index in [9.17, 15) is 4.79 Å². The maximum Gasteiger partial charge on any atom is 0.224 e. The highest BCUT2D eigenvalue weighted by Gasteiger charge is 2.05. The molecule has 0 radical (unpaired) electrons. The molecule has 0 aromatic heterocycles. The summed E-state index contributed by atoms with van der Waals surface area (Å²) in [5.41, 5.74) is 0.990. The number of methoxy groups -OCH3 is 1. The van der Waals surface area contributed by atoms with E-state index in [0.717, 1.165) is 17.9 Å². The first-order valence-electron chi connectivity index (χ1n) is 6.28. The Morgan fingerprint density at radius 1 is 1.33 bits per heavy atom. The largest absolute Gasteiger partial charge is 0.497 e. The number of rotatable bonds is 7. The molecule has 1 atom stereocenters. The van der Waals surface area contributed by atoms with Crippen molar-refractivity contribution in [3.63, 3.8) is 0 Å². The van der Waals surface area contributed by atoms with Gasteiger partial charge in [0.05, 0.1) is 13.5 Å². The van der Waals surface area contributed by atoms with Crippen molar-refractivity contribution in [2.24, 2.45) is 0 Å². The maximum absolute atomic E-state index is 11.7. The molecule has 2 N–H and O–H groups in total. The van der Waals surface area contributed by atoms with Crippen molar-refractivity contribution in [2.45, 2.75) is 26.3 Å². The van der Waals surface area contributed by atoms with Gasteiger partial charge in [-0.2, -0.15) is 0 Å². The fourth-order valence-electron chi connectivity index (χ4n) is 1.68. The van der Waals surface area contributed by atoms with E-state index >= 15 is 0 Å². The highest BCUT2D eigenvalue weighted by molar-refractivity contribution is 5.78. The van der Waals surface area contributed by atoms with E-state index in [1.807, 2.05) is 24.3 Å². The lowest BCUT2D eigenvalue weighted by molar-refractivity contribution is -0.120. The summed E-state index contributed by atoms with van der Waals surface area (Å²) in [6, 6.07) is 7.85. The average molecular weight is 250 g/mol. The molecule has 0 aliphatic rings. The predicted molar refractivity (Wildman–Crippen MR) is 72.8 cm³/mol. The summed E-state index contributed by atoms with van der Waals surface area (Å²) in [6.07, 6.45) is 0.406. The average Bonchev–Trinajstić information content (AvgIpc) is 2.38. The molecule has 4 nitrogen and oxygen atoms in total. The molecule has 0 spiro atoms. The van der Waals surface area contributed by atoms with Crippen LogP contribution in [0.2, 0.25) is 0 Å². The molecule has 0 fully saturated rings. The first kappa shape index (κ1) is 14.5. The van der Waals surface area contributed by atoms with Gasteiger partial charge in [-0.1, -0.05) is 19.1 Å². The van der Waals surface area contributed by atoms with Crippen LogP contribution in [-0.2, 0) is 11.2 Å². The molecule has 0 unspecified atom stereocenters. The highest BCUT2D eigenvalue weighted by Crippen LogP contribution is 2.11. The Balaban J connectivity index is 2.35. The Kier molecular flexibility index (Phi) is 6.22. The number of benzene rings is 1. The maximum atomic E-state index is 11.7. The summed E-state index contributed by atoms with van der Waals surface area (Å²) in [7, 11) is 1.63. The van der Waals surface area contributed by atoms with Crippen molar-refractivity contribution in [1.29, 1.82) is 0 Å². The van der Waals surface area contributed by atoms with Gasteiger partial charge in [-0.3, -0.25) is 4.79 Å². The fourth-order valence-corrected chi connectivity index (χ4v) is 1.68. The molecule has 1 aromatic carbocycles. The number of amides is 1. The van der Waals surface area contributed by atoms with E-state index in [-0.39, 0.29) is 5.91 Å². The molecule has 1 rings (SSSR count). The zero-order chi connectivity index (χ0) is 13.4. The predicted octanol–water partition coefficient (Wildman–Crippen LogP) is 1.35. The van der Waals surface area contributed by atoms with Gasteiger partial charge in [-0.05, 0) is 31.2 Å². The second kappa shape index (κ2) is 7.71. The summed E-state index contributed by atoms with van der Waals surface area (Å²) in [5.74, 6) is 0.852. The van der Waals surface area contributed by atoms with Crippen LogP contribution in [0.25, 0.3) is 0 Å². The number of carbonyl (C=O) groups is 1. The number of hydrogen-bond acceptors (Lipinski definition) is 3. The number of ether oxygens (including phenoxy) is 1. The minimum atomic E-state index is 0.0462. The third-order valence-electron chi connectivity index (χ3n) is 2.68. The standard InChI is InChI=1S/C14H22N2O2/c1-4-15-11(2)10-16-14(17)9-12-5-7-13(18-3)8-6-12/h5-8,11,15H,4,9-10H2,1-3H3,(H,16,17)/t11-/m1/s1. The van der Waals surface area contributed by atoms with E-state index in [2.05, 4.69) is 24.5 Å². The second-order valence-electron chi connectivity index (χ2n) is 4.29. The van der Waals surface area contributed by atoms with Gasteiger partial charge in [0.15, 0.2) is 0 Å². The molecule has 0 aliphatic heterocycles. The van der Waals surface area contributed by atoms with Crippen LogP contribution in [-0.4, -0.2) is 32.1 Å². The van der Waals surface area contributed by atoms with Crippen molar-refractivity contribution in [1.82, 2.24) is 10.6 Å². The first-order chi connectivity index (χ1) is 8.65. The Morgan fingerprint density at radius 3 is 2.56 bits per heavy atom. The number of carbonyl (C=O) groups excluding carboxylic acids is 1. The zero-order valence-corrected chi connectivity index (χ0v) is 11.3. The Hall–Kier alpha value is -1.55. The lowest BCUT2D eigenvalue weighted by Crippen LogP contribution is -2.39. The fraction of sp³-hybridized carbons (Fsp3) is 0.500. The van der Waals surface area contributed by atoms with Crippen LogP contribution in [0.3, 0.4) is 0 Å². The van der Waals surface area contributed by atoms with Crippen LogP contribution in [0.1, 0.15) is 19.4 Å². The molecule has 0 bridgehead atoms. The third kappa shape index (κ3) is 5.19. The molecule has 1 aromatic rings. The lowest BCUT2D eigenvalue weighted by atomic mass is 10.1. The Labute approximate surface area is 109 Å². The monoisotopic (exact) mass is 250 g/mol. The van der Waals surface area contributed by atoms with Crippen molar-refractivity contribution in [3.05, 3.63) is 29.8 Å². The van der Waals surface area contributed by atoms with E-state index in [4.69, 9.17) is 4.74 Å². The van der Waals surface area contributed by atoms with Crippen molar-refractivity contribution in [2.75, 3.05) is 20.2 Å². The van der Waals surface area contributed by atoms with Crippen LogP contribution in [0.15, 0.2) is 24.3 Å². The molecule has 0 aliphatic carbocycles. The molecule has 100 valence electrons. The molecule has 0 saturated carbocycles. The molecular formula is C14H22N2O2. The molecular weight excluding hydrogens is 228 g/mol. The van der Waals surface area contributed by atoms with E-state index in [1.165, 1.54) is 0 Å². The van der Waals surface area contributed by atoms with Gasteiger partial charge in [0.25, 0.3) is 0 Å². The zero-order valence-electron chi connectivity index (χ0n) is 11.3. The molecule has 4 heteroatoms. The quantitative estimate of drug-likeness (QED) is 0.768. The second-order valence-corrected chi connectivity index (χ2v) is 4.29. The van der Waals surface area contributed by atoms with Crippen molar-refractivity contribution in [3.8, 4) is 5.75 Å². The molecule has 0 saturated heterocycles. The Morgan fingerprint density at radius 2 is 2.00 bits per heavy atom. The highest BCUT2D eigenvalue weighted by atomic mass is 16.5. The van der Waals surface area contributed by atoms with Gasteiger partial charge in [-0.15, -0.1) is 0 Å². The van der Waals surface area contributed by atoms with Crippen LogP contribution in [0, 0.1) is 0 Å². The minimum absolute atomic E-state index is 0.0462. The van der Waals surface area contributed by atoms with E-state index in [0.29, 0.717) is 19.0 Å². The summed E-state index contributed by atoms with van der Waals surface area (Å²) < 4.78 is 5.07. The number of nitrogens with one attached hydrogen (secondary N) is 2. The van der Waals surface area contributed by atoms with Gasteiger partial charge in [0.1, 0.15) is 5.75 Å². The van der Waals surface area contributed by atoms with Gasteiger partial charge < -0.3 is 15.4 Å². The smallest absolute Gasteiger partial charge is 0.224 e. The van der Waals surface area contributed by atoms with Crippen LogP contribution in [0.4, 0.5) is 0 Å². The Bertz CT molecular complexity index is 363. The summed E-state index contributed by atoms with van der Waals surface area (Å²) in [5, 5.41) is 6.16. The first-order valence-corrected chi connectivity index (χ1v) is 6.28. The summed E-state index contributed by atoms with van der Waals surface area (Å²) >= 11 is 0. The van der Waals surface area contributed by atoms with Crippen LogP contribution < -0.4 is 15.4 Å². The van der Waals surface area contributed by atoms with Crippen molar-refractivity contribution >= 4 is 5.91 Å². The summed E-state index contributed by atoms with van der Waals surface area (Å²) in [4.78, 5) is 11.7. The van der Waals surface area contributed by atoms with Crippen molar-refractivity contribution < 1.29 is 9.53 Å². The number of likely N-dealkylation sites (N-methyl/N-ethyl adjacent to an activating group) is 1. The topological polar surface area (TPSA) is 50.4 Å². The SMILES string of the molecule is CCN[C@H](C)CNC(=O)Cc1ccc(OC)cc1. The molecule has 18 heavy (non-hydrogen) atoms. The lowest BCUT2D eigenvalue weighted by Gasteiger charge is -2.13. The van der Waals surface area contributed by atoms with Gasteiger partial charge in [0, 0.05) is 12.6 Å². The van der Waals surface area contributed by atoms with Crippen LogP contribution in [0.5, 0.6) is 5.75 Å². The van der Waals surface area contributed by atoms with E-state index in [1.54, 1.807) is 7.11 Å².